The second kappa shape index (κ2) is 6.99. The van der Waals surface area contributed by atoms with Gasteiger partial charge in [-0.1, -0.05) is 43.3 Å². The molecule has 0 unspecified atom stereocenters. The average Bonchev–Trinajstić information content (AvgIpc) is 3.11. The Labute approximate surface area is 151 Å². The first-order valence-electron chi connectivity index (χ1n) is 8.40. The number of aromatic nitrogens is 2. The van der Waals surface area contributed by atoms with Crippen molar-refractivity contribution in [3.05, 3.63) is 83.8 Å². The molecule has 0 N–H and O–H groups in total. The van der Waals surface area contributed by atoms with Crippen LogP contribution in [0.2, 0.25) is 0 Å². The van der Waals surface area contributed by atoms with Crippen LogP contribution in [0.3, 0.4) is 0 Å². The van der Waals surface area contributed by atoms with Gasteiger partial charge in [-0.05, 0) is 47.9 Å². The summed E-state index contributed by atoms with van der Waals surface area (Å²) in [4.78, 5) is 11.2. The molecule has 0 aliphatic carbocycles. The van der Waals surface area contributed by atoms with Crippen LogP contribution in [-0.4, -0.2) is 9.97 Å². The zero-order chi connectivity index (χ0) is 17.1. The van der Waals surface area contributed by atoms with Crippen molar-refractivity contribution in [1.82, 2.24) is 9.97 Å². The average molecular weight is 342 g/mol. The summed E-state index contributed by atoms with van der Waals surface area (Å²) < 4.78 is 0. The molecule has 122 valence electrons. The van der Waals surface area contributed by atoms with Crippen molar-refractivity contribution >= 4 is 33.7 Å². The number of pyridine rings is 2. The van der Waals surface area contributed by atoms with E-state index in [0.29, 0.717) is 0 Å². The summed E-state index contributed by atoms with van der Waals surface area (Å²) in [5.74, 6) is 0. The van der Waals surface area contributed by atoms with E-state index < -0.39 is 0 Å². The van der Waals surface area contributed by atoms with Crippen LogP contribution in [0, 0.1) is 0 Å². The summed E-state index contributed by atoms with van der Waals surface area (Å²) in [6, 6.07) is 19.1. The molecule has 0 spiro atoms. The fraction of sp³-hybridized carbons (Fsp3) is 0.0909. The lowest BCUT2D eigenvalue weighted by atomic mass is 10.1. The molecule has 0 saturated carbocycles. The molecule has 0 amide bonds. The molecule has 0 radical (unpaired) electrons. The lowest BCUT2D eigenvalue weighted by Crippen LogP contribution is -1.80. The SMILES string of the molecule is CCc1ccc(/C=C/c2ccc3cc(-c4cccnc4)sc3n2)cc1. The van der Waals surface area contributed by atoms with E-state index in [9.17, 15) is 0 Å². The van der Waals surface area contributed by atoms with E-state index in [1.165, 1.54) is 21.4 Å². The highest BCUT2D eigenvalue weighted by molar-refractivity contribution is 7.21. The molecule has 0 saturated heterocycles. The lowest BCUT2D eigenvalue weighted by molar-refractivity contribution is 1.14. The van der Waals surface area contributed by atoms with Crippen molar-refractivity contribution in [3.63, 3.8) is 0 Å². The first-order valence-corrected chi connectivity index (χ1v) is 9.21. The standard InChI is InChI=1S/C22H18N2S/c1-2-16-5-7-17(8-6-16)9-11-20-12-10-18-14-21(25-22(18)24-20)19-4-3-13-23-15-19/h3-15H,2H2,1H3/b11-9+. The Morgan fingerprint density at radius 3 is 2.64 bits per heavy atom. The monoisotopic (exact) mass is 342 g/mol. The molecule has 3 heterocycles. The Balaban J connectivity index is 1.61. The largest absolute Gasteiger partial charge is 0.264 e. The van der Waals surface area contributed by atoms with E-state index in [-0.39, 0.29) is 0 Å². The van der Waals surface area contributed by atoms with Crippen molar-refractivity contribution < 1.29 is 0 Å². The third-order valence-corrected chi connectivity index (χ3v) is 5.28. The van der Waals surface area contributed by atoms with Crippen molar-refractivity contribution in [2.45, 2.75) is 13.3 Å². The predicted molar refractivity (Wildman–Crippen MR) is 108 cm³/mol. The van der Waals surface area contributed by atoms with Crippen LogP contribution >= 0.6 is 11.3 Å². The third-order valence-electron chi connectivity index (χ3n) is 4.19. The highest BCUT2D eigenvalue weighted by Crippen LogP contribution is 2.32. The molecular formula is C22H18N2S. The summed E-state index contributed by atoms with van der Waals surface area (Å²) in [6.45, 7) is 2.17. The van der Waals surface area contributed by atoms with Crippen LogP contribution in [0.25, 0.3) is 32.8 Å². The minimum atomic E-state index is 0.978. The van der Waals surface area contributed by atoms with Crippen LogP contribution < -0.4 is 0 Å². The van der Waals surface area contributed by atoms with Gasteiger partial charge in [-0.25, -0.2) is 4.98 Å². The number of fused-ring (bicyclic) bond motifs is 1. The fourth-order valence-corrected chi connectivity index (χ4v) is 3.75. The molecule has 1 aromatic carbocycles. The fourth-order valence-electron chi connectivity index (χ4n) is 2.72. The van der Waals surface area contributed by atoms with Crippen LogP contribution in [0.15, 0.2) is 67.0 Å². The summed E-state index contributed by atoms with van der Waals surface area (Å²) in [5.41, 5.74) is 4.67. The smallest absolute Gasteiger partial charge is 0.124 e. The number of aryl methyl sites for hydroxylation is 1. The molecule has 0 aliphatic heterocycles. The molecule has 0 bridgehead atoms. The minimum absolute atomic E-state index is 0.978. The summed E-state index contributed by atoms with van der Waals surface area (Å²) in [7, 11) is 0. The normalized spacial score (nSPS) is 11.4. The van der Waals surface area contributed by atoms with Gasteiger partial charge in [0.15, 0.2) is 0 Å². The number of rotatable bonds is 4. The topological polar surface area (TPSA) is 25.8 Å². The summed E-state index contributed by atoms with van der Waals surface area (Å²) in [5, 5.41) is 1.17. The number of benzene rings is 1. The van der Waals surface area contributed by atoms with E-state index in [4.69, 9.17) is 4.98 Å². The Morgan fingerprint density at radius 1 is 1.00 bits per heavy atom. The lowest BCUT2D eigenvalue weighted by Gasteiger charge is -1.97. The first kappa shape index (κ1) is 15.7. The molecular weight excluding hydrogens is 324 g/mol. The van der Waals surface area contributed by atoms with Gasteiger partial charge in [0.2, 0.25) is 0 Å². The maximum Gasteiger partial charge on any atom is 0.124 e. The Hall–Kier alpha value is -2.78. The van der Waals surface area contributed by atoms with Gasteiger partial charge in [0.1, 0.15) is 4.83 Å². The quantitative estimate of drug-likeness (QED) is 0.448. The van der Waals surface area contributed by atoms with Crippen molar-refractivity contribution in [3.8, 4) is 10.4 Å². The maximum atomic E-state index is 4.78. The van der Waals surface area contributed by atoms with Gasteiger partial charge in [-0.3, -0.25) is 4.98 Å². The van der Waals surface area contributed by atoms with Crippen LogP contribution in [-0.2, 0) is 6.42 Å². The van der Waals surface area contributed by atoms with Crippen molar-refractivity contribution in [2.24, 2.45) is 0 Å². The molecule has 4 aromatic rings. The maximum absolute atomic E-state index is 4.78. The van der Waals surface area contributed by atoms with Crippen molar-refractivity contribution in [1.29, 1.82) is 0 Å². The first-order chi connectivity index (χ1) is 12.3. The molecule has 4 rings (SSSR count). The Bertz CT molecular complexity index is 1020. The van der Waals surface area contributed by atoms with Gasteiger partial charge in [0.05, 0.1) is 5.69 Å². The van der Waals surface area contributed by atoms with E-state index in [1.807, 2.05) is 12.3 Å². The molecule has 2 nitrogen and oxygen atoms in total. The molecule has 0 aliphatic rings. The van der Waals surface area contributed by atoms with Crippen LogP contribution in [0.1, 0.15) is 23.7 Å². The van der Waals surface area contributed by atoms with Crippen molar-refractivity contribution in [2.75, 3.05) is 0 Å². The Kier molecular flexibility index (Phi) is 4.40. The third kappa shape index (κ3) is 3.52. The summed E-state index contributed by atoms with van der Waals surface area (Å²) >= 11 is 1.71. The van der Waals surface area contributed by atoms with Gasteiger partial charge in [0, 0.05) is 28.2 Å². The van der Waals surface area contributed by atoms with E-state index in [1.54, 1.807) is 17.5 Å². The Morgan fingerprint density at radius 2 is 1.88 bits per heavy atom. The van der Waals surface area contributed by atoms with Crippen LogP contribution in [0.4, 0.5) is 0 Å². The minimum Gasteiger partial charge on any atom is -0.264 e. The van der Waals surface area contributed by atoms with Gasteiger partial charge < -0.3 is 0 Å². The highest BCUT2D eigenvalue weighted by Gasteiger charge is 2.05. The number of thiophene rings is 1. The van der Waals surface area contributed by atoms with E-state index >= 15 is 0 Å². The molecule has 25 heavy (non-hydrogen) atoms. The van der Waals surface area contributed by atoms with Crippen LogP contribution in [0.5, 0.6) is 0 Å². The van der Waals surface area contributed by atoms with E-state index in [0.717, 1.165) is 22.5 Å². The second-order valence-electron chi connectivity index (χ2n) is 5.91. The molecule has 3 heteroatoms. The predicted octanol–water partition coefficient (Wildman–Crippen LogP) is 6.09. The second-order valence-corrected chi connectivity index (χ2v) is 6.94. The van der Waals surface area contributed by atoms with Gasteiger partial charge in [-0.2, -0.15) is 0 Å². The molecule has 0 atom stereocenters. The zero-order valence-electron chi connectivity index (χ0n) is 14.0. The summed E-state index contributed by atoms with van der Waals surface area (Å²) in [6.07, 6.45) is 8.95. The molecule has 0 fully saturated rings. The number of hydrogen-bond donors (Lipinski definition) is 0. The van der Waals surface area contributed by atoms with Gasteiger partial charge in [0.25, 0.3) is 0 Å². The highest BCUT2D eigenvalue weighted by atomic mass is 32.1. The zero-order valence-corrected chi connectivity index (χ0v) is 14.8. The van der Waals surface area contributed by atoms with Gasteiger partial charge >= 0.3 is 0 Å². The molecule has 3 aromatic heterocycles. The number of hydrogen-bond acceptors (Lipinski definition) is 3. The van der Waals surface area contributed by atoms with E-state index in [2.05, 4.69) is 72.6 Å². The van der Waals surface area contributed by atoms with Gasteiger partial charge in [-0.15, -0.1) is 11.3 Å². The number of nitrogens with zero attached hydrogens (tertiary/aromatic N) is 2.